The van der Waals surface area contributed by atoms with Gasteiger partial charge < -0.3 is 0 Å². The molecule has 0 radical (unpaired) electrons. The summed E-state index contributed by atoms with van der Waals surface area (Å²) in [6, 6.07) is 38.3. The molecule has 0 saturated carbocycles. The summed E-state index contributed by atoms with van der Waals surface area (Å²) in [6.07, 6.45) is 4.81. The number of hydrogen-bond donors (Lipinski definition) is 0. The highest BCUT2D eigenvalue weighted by Crippen LogP contribution is 2.47. The van der Waals surface area contributed by atoms with Crippen molar-refractivity contribution in [2.24, 2.45) is 0 Å². The lowest BCUT2D eigenvalue weighted by molar-refractivity contribution is 0.817. The number of fused-ring (bicyclic) bond motifs is 6. The van der Waals surface area contributed by atoms with Crippen molar-refractivity contribution in [3.63, 3.8) is 0 Å². The molecule has 1 aliphatic carbocycles. The van der Waals surface area contributed by atoms with E-state index in [1.54, 1.807) is 0 Å². The molecular formula is C34H26. The summed E-state index contributed by atoms with van der Waals surface area (Å²) >= 11 is 0. The fraction of sp³-hybridized carbons (Fsp3) is 0.118. The Morgan fingerprint density at radius 3 is 1.91 bits per heavy atom. The molecule has 0 saturated heterocycles. The topological polar surface area (TPSA) is 0 Å². The molecule has 162 valence electrons. The standard InChI is InChI=1S/C34H26/c1-22-16-19-30-26-11-5-3-9-24(26)18-21-33(30)34(22)32-15-7-14-29(32)28-13-6-12-27-25-10-4-2-8-23(25)17-20-31(27)28/h2-6,8-13,15-21,29H,7,14H2,1H3. The molecule has 6 aromatic carbocycles. The predicted octanol–water partition coefficient (Wildman–Crippen LogP) is 9.57. The van der Waals surface area contributed by atoms with Gasteiger partial charge in [-0.3, -0.25) is 0 Å². The molecule has 0 amide bonds. The molecule has 1 atom stereocenters. The van der Waals surface area contributed by atoms with E-state index in [0.29, 0.717) is 5.92 Å². The molecule has 0 aromatic heterocycles. The van der Waals surface area contributed by atoms with Crippen LogP contribution in [0.5, 0.6) is 0 Å². The lowest BCUT2D eigenvalue weighted by atomic mass is 9.82. The first-order chi connectivity index (χ1) is 16.8. The quantitative estimate of drug-likeness (QED) is 0.238. The third-order valence-corrected chi connectivity index (χ3v) is 7.81. The van der Waals surface area contributed by atoms with Gasteiger partial charge in [-0.25, -0.2) is 0 Å². The van der Waals surface area contributed by atoms with Gasteiger partial charge in [-0.05, 0) is 85.1 Å². The normalized spacial score (nSPS) is 16.0. The van der Waals surface area contributed by atoms with Gasteiger partial charge >= 0.3 is 0 Å². The number of hydrogen-bond acceptors (Lipinski definition) is 0. The summed E-state index contributed by atoms with van der Waals surface area (Å²) in [4.78, 5) is 0. The molecule has 34 heavy (non-hydrogen) atoms. The zero-order valence-corrected chi connectivity index (χ0v) is 19.4. The van der Waals surface area contributed by atoms with E-state index in [0.717, 1.165) is 6.42 Å². The monoisotopic (exact) mass is 434 g/mol. The van der Waals surface area contributed by atoms with Crippen LogP contribution in [0.15, 0.2) is 109 Å². The molecule has 0 N–H and O–H groups in total. The lowest BCUT2D eigenvalue weighted by Crippen LogP contribution is -2.01. The first-order valence-electron chi connectivity index (χ1n) is 12.3. The molecule has 0 nitrogen and oxygen atoms in total. The van der Waals surface area contributed by atoms with E-state index in [2.05, 4.69) is 116 Å². The van der Waals surface area contributed by atoms with Crippen molar-refractivity contribution >= 4 is 48.7 Å². The molecule has 0 fully saturated rings. The van der Waals surface area contributed by atoms with Crippen molar-refractivity contribution in [3.05, 3.63) is 126 Å². The maximum Gasteiger partial charge on any atom is 0.0101 e. The summed E-state index contributed by atoms with van der Waals surface area (Å²) in [5.41, 5.74) is 5.76. The molecule has 7 rings (SSSR count). The second-order valence-electron chi connectivity index (χ2n) is 9.66. The zero-order chi connectivity index (χ0) is 22.6. The van der Waals surface area contributed by atoms with Crippen LogP contribution in [0.2, 0.25) is 0 Å². The highest BCUT2D eigenvalue weighted by molar-refractivity contribution is 6.12. The first kappa shape index (κ1) is 19.6. The summed E-state index contributed by atoms with van der Waals surface area (Å²) < 4.78 is 0. The minimum atomic E-state index is 0.417. The number of benzene rings is 6. The third-order valence-electron chi connectivity index (χ3n) is 7.81. The van der Waals surface area contributed by atoms with E-state index in [1.807, 2.05) is 0 Å². The fourth-order valence-corrected chi connectivity index (χ4v) is 6.25. The Labute approximate surface area is 200 Å². The van der Waals surface area contributed by atoms with E-state index in [4.69, 9.17) is 0 Å². The maximum absolute atomic E-state index is 2.50. The Kier molecular flexibility index (Phi) is 4.35. The average molecular weight is 435 g/mol. The van der Waals surface area contributed by atoms with Crippen molar-refractivity contribution < 1.29 is 0 Å². The Bertz CT molecular complexity index is 1770. The average Bonchev–Trinajstić information content (AvgIpc) is 3.37. The van der Waals surface area contributed by atoms with E-state index in [-0.39, 0.29) is 0 Å². The molecule has 0 bridgehead atoms. The third kappa shape index (κ3) is 2.85. The van der Waals surface area contributed by atoms with Crippen molar-refractivity contribution in [1.82, 2.24) is 0 Å². The molecule has 1 unspecified atom stereocenters. The van der Waals surface area contributed by atoms with E-state index in [9.17, 15) is 0 Å². The van der Waals surface area contributed by atoms with Crippen molar-refractivity contribution in [1.29, 1.82) is 0 Å². The van der Waals surface area contributed by atoms with Crippen molar-refractivity contribution in [3.8, 4) is 0 Å². The number of aryl methyl sites for hydroxylation is 1. The Morgan fingerprint density at radius 1 is 0.529 bits per heavy atom. The SMILES string of the molecule is Cc1ccc2c(ccc3ccccc32)c1C1=CCCC1c1cccc2c1ccc1ccccc12. The smallest absolute Gasteiger partial charge is 0.0101 e. The van der Waals surface area contributed by atoms with Gasteiger partial charge in [0, 0.05) is 5.92 Å². The van der Waals surface area contributed by atoms with Gasteiger partial charge in [0.1, 0.15) is 0 Å². The van der Waals surface area contributed by atoms with Crippen LogP contribution in [0.3, 0.4) is 0 Å². The van der Waals surface area contributed by atoms with Gasteiger partial charge in [0.15, 0.2) is 0 Å². The van der Waals surface area contributed by atoms with Crippen LogP contribution in [0.4, 0.5) is 0 Å². The highest BCUT2D eigenvalue weighted by Gasteiger charge is 2.26. The van der Waals surface area contributed by atoms with Crippen LogP contribution >= 0.6 is 0 Å². The van der Waals surface area contributed by atoms with Gasteiger partial charge in [-0.15, -0.1) is 0 Å². The van der Waals surface area contributed by atoms with Gasteiger partial charge in [0.2, 0.25) is 0 Å². The minimum absolute atomic E-state index is 0.417. The highest BCUT2D eigenvalue weighted by atomic mass is 14.3. The zero-order valence-electron chi connectivity index (χ0n) is 19.4. The largest absolute Gasteiger partial charge is 0.0800 e. The second kappa shape index (κ2) is 7.57. The van der Waals surface area contributed by atoms with E-state index in [1.165, 1.54) is 71.8 Å². The molecule has 1 aliphatic rings. The van der Waals surface area contributed by atoms with Gasteiger partial charge in [-0.2, -0.15) is 0 Å². The Morgan fingerprint density at radius 2 is 1.15 bits per heavy atom. The van der Waals surface area contributed by atoms with Crippen LogP contribution in [-0.2, 0) is 0 Å². The minimum Gasteiger partial charge on any atom is -0.0800 e. The van der Waals surface area contributed by atoms with Crippen molar-refractivity contribution in [2.45, 2.75) is 25.7 Å². The fourth-order valence-electron chi connectivity index (χ4n) is 6.25. The second-order valence-corrected chi connectivity index (χ2v) is 9.66. The Balaban J connectivity index is 1.46. The number of allylic oxidation sites excluding steroid dienone is 2. The van der Waals surface area contributed by atoms with Crippen LogP contribution < -0.4 is 0 Å². The summed E-state index contributed by atoms with van der Waals surface area (Å²) in [7, 11) is 0. The van der Waals surface area contributed by atoms with Gasteiger partial charge in [0.05, 0.1) is 0 Å². The van der Waals surface area contributed by atoms with Crippen molar-refractivity contribution in [2.75, 3.05) is 0 Å². The number of rotatable bonds is 2. The molecule has 0 spiro atoms. The predicted molar refractivity (Wildman–Crippen MR) is 148 cm³/mol. The van der Waals surface area contributed by atoms with Gasteiger partial charge in [0.25, 0.3) is 0 Å². The van der Waals surface area contributed by atoms with Crippen LogP contribution in [0, 0.1) is 6.92 Å². The Hall–Kier alpha value is -3.90. The molecule has 6 aromatic rings. The van der Waals surface area contributed by atoms with Crippen LogP contribution in [0.25, 0.3) is 48.7 Å². The van der Waals surface area contributed by atoms with Gasteiger partial charge in [-0.1, -0.05) is 109 Å². The van der Waals surface area contributed by atoms with E-state index < -0.39 is 0 Å². The summed E-state index contributed by atoms with van der Waals surface area (Å²) in [5.74, 6) is 0.417. The van der Waals surface area contributed by atoms with E-state index >= 15 is 0 Å². The first-order valence-corrected chi connectivity index (χ1v) is 12.3. The van der Waals surface area contributed by atoms with Crippen LogP contribution in [-0.4, -0.2) is 0 Å². The molecule has 0 heterocycles. The molecule has 0 aliphatic heterocycles. The lowest BCUT2D eigenvalue weighted by Gasteiger charge is -2.22. The summed E-state index contributed by atoms with van der Waals surface area (Å²) in [6.45, 7) is 2.27. The molecule has 0 heteroatoms. The molecular weight excluding hydrogens is 408 g/mol. The summed E-state index contributed by atoms with van der Waals surface area (Å²) in [5, 5.41) is 10.8. The maximum atomic E-state index is 2.50. The van der Waals surface area contributed by atoms with Crippen LogP contribution in [0.1, 0.15) is 35.4 Å².